The number of carbonyl (C=O) groups excluding carboxylic acids is 1. The first-order chi connectivity index (χ1) is 20.6. The molecule has 0 unspecified atom stereocenters. The normalized spacial score (nSPS) is 14.4. The number of carbonyl (C=O) groups is 1. The van der Waals surface area contributed by atoms with Crippen LogP contribution in [0.1, 0.15) is 164 Å². The van der Waals surface area contributed by atoms with Crippen LogP contribution < -0.4 is 0 Å². The van der Waals surface area contributed by atoms with E-state index in [1.165, 1.54) is 51.4 Å². The van der Waals surface area contributed by atoms with Gasteiger partial charge in [-0.3, -0.25) is 4.79 Å². The van der Waals surface area contributed by atoms with E-state index in [1.807, 2.05) is 30.3 Å². The molecule has 4 nitrogen and oxygen atoms in total. The average Bonchev–Trinajstić information content (AvgIpc) is 2.97. The Morgan fingerprint density at radius 3 is 1.67 bits per heavy atom. The number of aliphatic hydroxyl groups excluding tert-OH is 1. The lowest BCUT2D eigenvalue weighted by Crippen LogP contribution is -2.51. The number of aliphatic hydroxyl groups is 1. The molecule has 0 bridgehead atoms. The molecule has 0 saturated carbocycles. The Morgan fingerprint density at radius 1 is 0.698 bits per heavy atom. The predicted octanol–water partition coefficient (Wildman–Crippen LogP) is 11.5. The standard InChI is InChI=1S/C38H70O4Si/c1-9-11-13-15-16-17-18-19-23-27-35(42-43(31(3)4,32(5)6)33(7)8)29-37(39)36(28-24-14-12-10-2)38(40)41-30-34-25-21-20-22-26-34/h20-22,25-26,31-33,35-37,39H,9-19,23-24,27-30H2,1-8H3/t35-,36+,37+/m1/s1. The third-order valence-electron chi connectivity index (χ3n) is 9.57. The van der Waals surface area contributed by atoms with Gasteiger partial charge in [0.15, 0.2) is 0 Å². The van der Waals surface area contributed by atoms with E-state index in [2.05, 4.69) is 55.4 Å². The fourth-order valence-electron chi connectivity index (χ4n) is 7.13. The molecule has 0 spiro atoms. The molecule has 0 amide bonds. The molecule has 0 aliphatic carbocycles. The number of benzene rings is 1. The summed E-state index contributed by atoms with van der Waals surface area (Å²) in [5, 5.41) is 11.7. The van der Waals surface area contributed by atoms with Crippen molar-refractivity contribution in [3.8, 4) is 0 Å². The van der Waals surface area contributed by atoms with Gasteiger partial charge in [0.25, 0.3) is 0 Å². The topological polar surface area (TPSA) is 55.8 Å². The first kappa shape index (κ1) is 39.9. The minimum Gasteiger partial charge on any atom is -0.461 e. The zero-order valence-corrected chi connectivity index (χ0v) is 30.5. The Kier molecular flexibility index (Phi) is 21.5. The maximum atomic E-state index is 13.4. The summed E-state index contributed by atoms with van der Waals surface area (Å²) in [6, 6.07) is 9.84. The molecule has 0 heterocycles. The van der Waals surface area contributed by atoms with Crippen molar-refractivity contribution in [2.75, 3.05) is 0 Å². The molecule has 0 saturated heterocycles. The monoisotopic (exact) mass is 619 g/mol. The molecule has 250 valence electrons. The summed E-state index contributed by atoms with van der Waals surface area (Å²) in [4.78, 5) is 13.4. The Morgan fingerprint density at radius 2 is 1.16 bits per heavy atom. The molecule has 0 fully saturated rings. The van der Waals surface area contributed by atoms with Crippen LogP contribution in [0.5, 0.6) is 0 Å². The molecule has 5 heteroatoms. The van der Waals surface area contributed by atoms with Crippen LogP contribution in [0.3, 0.4) is 0 Å². The molecule has 0 aromatic heterocycles. The lowest BCUT2D eigenvalue weighted by atomic mass is 9.90. The van der Waals surface area contributed by atoms with Crippen LogP contribution in [0.4, 0.5) is 0 Å². The lowest BCUT2D eigenvalue weighted by Gasteiger charge is -2.45. The summed E-state index contributed by atoms with van der Waals surface area (Å²) in [5.41, 5.74) is 2.42. The van der Waals surface area contributed by atoms with Crippen molar-refractivity contribution >= 4 is 14.3 Å². The van der Waals surface area contributed by atoms with Crippen molar-refractivity contribution in [2.45, 2.75) is 194 Å². The number of esters is 1. The second kappa shape index (κ2) is 23.2. The first-order valence-corrected chi connectivity index (χ1v) is 20.3. The molecule has 0 radical (unpaired) electrons. The summed E-state index contributed by atoms with van der Waals surface area (Å²) in [6.07, 6.45) is 17.3. The maximum absolute atomic E-state index is 13.4. The zero-order valence-electron chi connectivity index (χ0n) is 29.5. The molecule has 43 heavy (non-hydrogen) atoms. The van der Waals surface area contributed by atoms with Gasteiger partial charge in [0.2, 0.25) is 8.32 Å². The molecule has 0 aliphatic heterocycles. The van der Waals surface area contributed by atoms with E-state index in [-0.39, 0.29) is 18.7 Å². The van der Waals surface area contributed by atoms with Gasteiger partial charge in [-0.2, -0.15) is 0 Å². The minimum atomic E-state index is -2.14. The highest BCUT2D eigenvalue weighted by atomic mass is 28.4. The van der Waals surface area contributed by atoms with Gasteiger partial charge in [0, 0.05) is 6.10 Å². The highest BCUT2D eigenvalue weighted by Crippen LogP contribution is 2.44. The molecule has 1 aromatic rings. The van der Waals surface area contributed by atoms with Gasteiger partial charge in [-0.25, -0.2) is 0 Å². The third-order valence-corrected chi connectivity index (χ3v) is 15.7. The predicted molar refractivity (Wildman–Crippen MR) is 187 cm³/mol. The molecule has 0 aliphatic rings. The Labute approximate surface area is 268 Å². The smallest absolute Gasteiger partial charge is 0.311 e. The number of rotatable bonds is 26. The minimum absolute atomic E-state index is 0.0292. The van der Waals surface area contributed by atoms with Gasteiger partial charge in [-0.05, 0) is 41.4 Å². The van der Waals surface area contributed by atoms with Crippen molar-refractivity contribution in [3.63, 3.8) is 0 Å². The summed E-state index contributed by atoms with van der Waals surface area (Å²) in [5.74, 6) is -0.780. The van der Waals surface area contributed by atoms with E-state index >= 15 is 0 Å². The third kappa shape index (κ3) is 15.1. The number of unbranched alkanes of at least 4 members (excludes halogenated alkanes) is 11. The van der Waals surface area contributed by atoms with Crippen LogP contribution >= 0.6 is 0 Å². The van der Waals surface area contributed by atoms with Crippen LogP contribution in [0.2, 0.25) is 16.6 Å². The van der Waals surface area contributed by atoms with Gasteiger partial charge in [-0.1, -0.05) is 169 Å². The van der Waals surface area contributed by atoms with E-state index in [4.69, 9.17) is 9.16 Å². The van der Waals surface area contributed by atoms with Crippen LogP contribution in [0.25, 0.3) is 0 Å². The SMILES string of the molecule is CCCCCCCCCCC[C@H](C[C@H](O)[C@H](CCCCCC)C(=O)OCc1ccccc1)O[Si](C(C)C)(C(C)C)C(C)C. The van der Waals surface area contributed by atoms with Crippen LogP contribution in [-0.4, -0.2) is 31.6 Å². The molecule has 1 aromatic carbocycles. The van der Waals surface area contributed by atoms with E-state index < -0.39 is 20.3 Å². The molecule has 1 N–H and O–H groups in total. The summed E-state index contributed by atoms with van der Waals surface area (Å²) in [6.45, 7) is 18.7. The quantitative estimate of drug-likeness (QED) is 0.0637. The van der Waals surface area contributed by atoms with Gasteiger partial charge in [0.05, 0.1) is 12.0 Å². The van der Waals surface area contributed by atoms with Crippen molar-refractivity contribution in [3.05, 3.63) is 35.9 Å². The maximum Gasteiger partial charge on any atom is 0.311 e. The van der Waals surface area contributed by atoms with Crippen molar-refractivity contribution in [2.24, 2.45) is 5.92 Å². The number of hydrogen-bond acceptors (Lipinski definition) is 4. The van der Waals surface area contributed by atoms with Crippen molar-refractivity contribution < 1.29 is 19.1 Å². The second-order valence-electron chi connectivity index (χ2n) is 14.0. The summed E-state index contributed by atoms with van der Waals surface area (Å²) < 4.78 is 13.1. The zero-order chi connectivity index (χ0) is 32.1. The van der Waals surface area contributed by atoms with Gasteiger partial charge < -0.3 is 14.3 Å². The Hall–Kier alpha value is -1.17. The first-order valence-electron chi connectivity index (χ1n) is 18.2. The van der Waals surface area contributed by atoms with Crippen molar-refractivity contribution in [1.29, 1.82) is 0 Å². The van der Waals surface area contributed by atoms with E-state index in [9.17, 15) is 9.90 Å². The van der Waals surface area contributed by atoms with Crippen LogP contribution in [0, 0.1) is 5.92 Å². The summed E-state index contributed by atoms with van der Waals surface area (Å²) >= 11 is 0. The fraction of sp³-hybridized carbons (Fsp3) is 0.816. The van der Waals surface area contributed by atoms with Crippen LogP contribution in [-0.2, 0) is 20.6 Å². The summed E-state index contributed by atoms with van der Waals surface area (Å²) in [7, 11) is -2.14. The van der Waals surface area contributed by atoms with Gasteiger partial charge in [0.1, 0.15) is 6.61 Å². The van der Waals surface area contributed by atoms with E-state index in [0.29, 0.717) is 29.5 Å². The molecule has 3 atom stereocenters. The average molecular weight is 619 g/mol. The van der Waals surface area contributed by atoms with E-state index in [0.717, 1.165) is 44.1 Å². The highest BCUT2D eigenvalue weighted by Gasteiger charge is 2.47. The van der Waals surface area contributed by atoms with Gasteiger partial charge in [-0.15, -0.1) is 0 Å². The fourth-order valence-corrected chi connectivity index (χ4v) is 12.7. The van der Waals surface area contributed by atoms with Crippen molar-refractivity contribution in [1.82, 2.24) is 0 Å². The Bertz CT molecular complexity index is 788. The Balaban J connectivity index is 3.01. The van der Waals surface area contributed by atoms with Gasteiger partial charge >= 0.3 is 5.97 Å². The van der Waals surface area contributed by atoms with E-state index in [1.54, 1.807) is 0 Å². The second-order valence-corrected chi connectivity index (χ2v) is 19.4. The number of hydrogen-bond donors (Lipinski definition) is 1. The lowest BCUT2D eigenvalue weighted by molar-refractivity contribution is -0.155. The molecular weight excluding hydrogens is 549 g/mol. The van der Waals surface area contributed by atoms with Crippen LogP contribution in [0.15, 0.2) is 30.3 Å². The molecule has 1 rings (SSSR count). The highest BCUT2D eigenvalue weighted by molar-refractivity contribution is 6.77. The largest absolute Gasteiger partial charge is 0.461 e. The molecular formula is C38H70O4Si. The number of ether oxygens (including phenoxy) is 1.